The van der Waals surface area contributed by atoms with Crippen molar-refractivity contribution in [2.45, 2.75) is 25.7 Å². The minimum Gasteiger partial charge on any atom is -0.216 e. The van der Waals surface area contributed by atoms with Crippen LogP contribution in [0, 0.1) is 6.92 Å². The van der Waals surface area contributed by atoms with Crippen LogP contribution in [0.1, 0.15) is 25.7 Å². The molecule has 8 heavy (non-hydrogen) atoms. The lowest BCUT2D eigenvalue weighted by Gasteiger charge is -1.88. The van der Waals surface area contributed by atoms with E-state index in [0.29, 0.717) is 6.33 Å². The topological polar surface area (TPSA) is 0 Å². The normalized spacial score (nSPS) is 10.8. The van der Waals surface area contributed by atoms with Gasteiger partial charge in [-0.2, -0.15) is 0 Å². The standard InChI is InChI=1S/C7H12F/c1-2-3-4-5-6-7-8/h6-7H,1-5H2/b7-6+. The molecule has 0 saturated carbocycles. The van der Waals surface area contributed by atoms with Crippen molar-refractivity contribution in [1.29, 1.82) is 0 Å². The fourth-order valence-electron chi connectivity index (χ4n) is 0.502. The van der Waals surface area contributed by atoms with Crippen LogP contribution in [0.3, 0.4) is 0 Å². The number of hydrogen-bond donors (Lipinski definition) is 0. The zero-order chi connectivity index (χ0) is 6.24. The minimum absolute atomic E-state index is 0.600. The van der Waals surface area contributed by atoms with Gasteiger partial charge in [0.1, 0.15) is 0 Å². The third-order valence-corrected chi connectivity index (χ3v) is 0.960. The number of hydrogen-bond acceptors (Lipinski definition) is 0. The van der Waals surface area contributed by atoms with Gasteiger partial charge in [-0.25, -0.2) is 4.39 Å². The summed E-state index contributed by atoms with van der Waals surface area (Å²) in [4.78, 5) is 0. The van der Waals surface area contributed by atoms with Crippen LogP contribution in [-0.2, 0) is 0 Å². The average Bonchev–Trinajstić information content (AvgIpc) is 1.81. The van der Waals surface area contributed by atoms with Crippen molar-refractivity contribution in [2.24, 2.45) is 0 Å². The maximum Gasteiger partial charge on any atom is 0.0827 e. The van der Waals surface area contributed by atoms with Crippen molar-refractivity contribution in [3.8, 4) is 0 Å². The van der Waals surface area contributed by atoms with Crippen LogP contribution in [-0.4, -0.2) is 0 Å². The smallest absolute Gasteiger partial charge is 0.0827 e. The van der Waals surface area contributed by atoms with Crippen molar-refractivity contribution < 1.29 is 4.39 Å². The highest BCUT2D eigenvalue weighted by Crippen LogP contribution is 1.98. The summed E-state index contributed by atoms with van der Waals surface area (Å²) < 4.78 is 11.2. The second kappa shape index (κ2) is 6.67. The van der Waals surface area contributed by atoms with E-state index in [-0.39, 0.29) is 0 Å². The van der Waals surface area contributed by atoms with Crippen molar-refractivity contribution >= 4 is 0 Å². The van der Waals surface area contributed by atoms with Gasteiger partial charge in [0.05, 0.1) is 6.33 Å². The molecule has 0 nitrogen and oxygen atoms in total. The summed E-state index contributed by atoms with van der Waals surface area (Å²) in [7, 11) is 0. The molecule has 0 aromatic heterocycles. The third-order valence-electron chi connectivity index (χ3n) is 0.960. The average molecular weight is 115 g/mol. The highest BCUT2D eigenvalue weighted by molar-refractivity contribution is 4.71. The van der Waals surface area contributed by atoms with Crippen LogP contribution >= 0.6 is 0 Å². The first-order valence-electron chi connectivity index (χ1n) is 2.96. The van der Waals surface area contributed by atoms with Crippen LogP contribution in [0.4, 0.5) is 4.39 Å². The summed E-state index contributed by atoms with van der Waals surface area (Å²) in [6.45, 7) is 3.67. The molecule has 0 spiro atoms. The summed E-state index contributed by atoms with van der Waals surface area (Å²) in [5.41, 5.74) is 0. The van der Waals surface area contributed by atoms with Gasteiger partial charge in [-0.3, -0.25) is 0 Å². The Morgan fingerprint density at radius 2 is 2.12 bits per heavy atom. The predicted octanol–water partition coefficient (Wildman–Crippen LogP) is 2.86. The Labute approximate surface area is 50.4 Å². The van der Waals surface area contributed by atoms with Crippen molar-refractivity contribution in [2.75, 3.05) is 0 Å². The number of rotatable bonds is 4. The first-order valence-corrected chi connectivity index (χ1v) is 2.96. The molecule has 1 radical (unpaired) electrons. The summed E-state index contributed by atoms with van der Waals surface area (Å²) in [5.74, 6) is 0. The van der Waals surface area contributed by atoms with Gasteiger partial charge in [-0.15, -0.1) is 0 Å². The molecule has 0 aromatic carbocycles. The molecule has 0 aliphatic heterocycles. The monoisotopic (exact) mass is 115 g/mol. The molecule has 0 aromatic rings. The van der Waals surface area contributed by atoms with E-state index in [2.05, 4.69) is 6.92 Å². The van der Waals surface area contributed by atoms with E-state index in [1.54, 1.807) is 0 Å². The van der Waals surface area contributed by atoms with E-state index in [1.807, 2.05) is 0 Å². The van der Waals surface area contributed by atoms with Crippen molar-refractivity contribution in [1.82, 2.24) is 0 Å². The molecule has 0 fully saturated rings. The van der Waals surface area contributed by atoms with Gasteiger partial charge in [0, 0.05) is 0 Å². The largest absolute Gasteiger partial charge is 0.216 e. The summed E-state index contributed by atoms with van der Waals surface area (Å²) in [5, 5.41) is 0. The Hall–Kier alpha value is -0.330. The number of unbranched alkanes of at least 4 members (excludes halogenated alkanes) is 3. The highest BCUT2D eigenvalue weighted by atomic mass is 19.1. The molecule has 0 atom stereocenters. The fourth-order valence-corrected chi connectivity index (χ4v) is 0.502. The SMILES string of the molecule is [CH2]CCCC/C=C/F. The Kier molecular flexibility index (Phi) is 6.39. The van der Waals surface area contributed by atoms with E-state index < -0.39 is 0 Å². The molecule has 0 unspecified atom stereocenters. The predicted molar refractivity (Wildman–Crippen MR) is 34.1 cm³/mol. The fraction of sp³-hybridized carbons (Fsp3) is 0.571. The van der Waals surface area contributed by atoms with Crippen LogP contribution in [0.5, 0.6) is 0 Å². The van der Waals surface area contributed by atoms with Crippen molar-refractivity contribution in [3.63, 3.8) is 0 Å². The first kappa shape index (κ1) is 7.67. The lowest BCUT2D eigenvalue weighted by Crippen LogP contribution is -1.69. The molecule has 0 heterocycles. The second-order valence-corrected chi connectivity index (χ2v) is 1.71. The van der Waals surface area contributed by atoms with Crippen LogP contribution in [0.25, 0.3) is 0 Å². The maximum absolute atomic E-state index is 11.2. The van der Waals surface area contributed by atoms with E-state index in [0.717, 1.165) is 25.7 Å². The number of halogens is 1. The first-order chi connectivity index (χ1) is 3.91. The lowest BCUT2D eigenvalue weighted by molar-refractivity contribution is 0.699. The zero-order valence-corrected chi connectivity index (χ0v) is 5.07. The molecular formula is C7H12F. The van der Waals surface area contributed by atoms with Crippen LogP contribution < -0.4 is 0 Å². The molecular weight excluding hydrogens is 103 g/mol. The molecule has 0 rings (SSSR count). The van der Waals surface area contributed by atoms with Gasteiger partial charge in [-0.05, 0) is 12.8 Å². The van der Waals surface area contributed by atoms with Crippen molar-refractivity contribution in [3.05, 3.63) is 19.3 Å². The van der Waals surface area contributed by atoms with E-state index in [9.17, 15) is 4.39 Å². The van der Waals surface area contributed by atoms with Gasteiger partial charge >= 0.3 is 0 Å². The molecule has 0 bridgehead atoms. The summed E-state index contributed by atoms with van der Waals surface area (Å²) in [6.07, 6.45) is 6.11. The maximum atomic E-state index is 11.2. The van der Waals surface area contributed by atoms with Gasteiger partial charge in [0.25, 0.3) is 0 Å². The Bertz CT molecular complexity index is 57.4. The summed E-state index contributed by atoms with van der Waals surface area (Å²) in [6, 6.07) is 0. The van der Waals surface area contributed by atoms with Crippen LogP contribution in [0.15, 0.2) is 12.4 Å². The Balaban J connectivity index is 2.72. The number of allylic oxidation sites excluding steroid dienone is 1. The third kappa shape index (κ3) is 5.67. The summed E-state index contributed by atoms with van der Waals surface area (Å²) >= 11 is 0. The van der Waals surface area contributed by atoms with Gasteiger partial charge in [0.2, 0.25) is 0 Å². The molecule has 0 N–H and O–H groups in total. The van der Waals surface area contributed by atoms with E-state index in [1.165, 1.54) is 6.08 Å². The molecule has 1 heteroatoms. The zero-order valence-electron chi connectivity index (χ0n) is 5.07. The van der Waals surface area contributed by atoms with Gasteiger partial charge < -0.3 is 0 Å². The Morgan fingerprint density at radius 3 is 2.62 bits per heavy atom. The van der Waals surface area contributed by atoms with Gasteiger partial charge in [-0.1, -0.05) is 25.8 Å². The second-order valence-electron chi connectivity index (χ2n) is 1.71. The van der Waals surface area contributed by atoms with E-state index >= 15 is 0 Å². The Morgan fingerprint density at radius 1 is 1.38 bits per heavy atom. The minimum atomic E-state index is 0.600. The molecule has 0 aliphatic rings. The molecule has 47 valence electrons. The molecule has 0 saturated heterocycles. The van der Waals surface area contributed by atoms with E-state index in [4.69, 9.17) is 0 Å². The molecule has 0 amide bonds. The highest BCUT2D eigenvalue weighted by Gasteiger charge is 1.79. The quantitative estimate of drug-likeness (QED) is 0.494. The molecule has 0 aliphatic carbocycles. The van der Waals surface area contributed by atoms with Gasteiger partial charge in [0.15, 0.2) is 0 Å². The van der Waals surface area contributed by atoms with Crippen LogP contribution in [0.2, 0.25) is 0 Å². The lowest BCUT2D eigenvalue weighted by atomic mass is 10.2.